The molecule has 25 heavy (non-hydrogen) atoms. The minimum atomic E-state index is 0.200. The number of nitrogens with zero attached hydrogens (tertiary/aromatic N) is 2. The van der Waals surface area contributed by atoms with E-state index in [4.69, 9.17) is 0 Å². The second-order valence-electron chi connectivity index (χ2n) is 9.46. The maximum atomic E-state index is 4.28. The Balaban J connectivity index is 1.50. The van der Waals surface area contributed by atoms with E-state index < -0.39 is 0 Å². The van der Waals surface area contributed by atoms with Crippen LogP contribution in [0.5, 0.6) is 0 Å². The van der Waals surface area contributed by atoms with Crippen molar-refractivity contribution < 1.29 is 0 Å². The first-order valence-electron chi connectivity index (χ1n) is 10.1. The fraction of sp³-hybridized carbons (Fsp3) is 0.609. The van der Waals surface area contributed by atoms with Crippen molar-refractivity contribution in [1.82, 2.24) is 9.55 Å². The van der Waals surface area contributed by atoms with Crippen molar-refractivity contribution in [2.75, 3.05) is 0 Å². The number of fused-ring (bicyclic) bond motifs is 5. The number of rotatable bonds is 1. The van der Waals surface area contributed by atoms with Gasteiger partial charge in [0.15, 0.2) is 0 Å². The third-order valence-electron chi connectivity index (χ3n) is 8.14. The summed E-state index contributed by atoms with van der Waals surface area (Å²) in [6, 6.07) is 0. The fourth-order valence-electron chi connectivity index (χ4n) is 6.60. The molecule has 2 fully saturated rings. The Hall–Kier alpha value is -1.57. The van der Waals surface area contributed by atoms with E-state index in [0.29, 0.717) is 5.41 Å². The summed E-state index contributed by atoms with van der Waals surface area (Å²) in [6.07, 6.45) is 21.5. The highest BCUT2D eigenvalue weighted by Crippen LogP contribution is 2.64. The third-order valence-corrected chi connectivity index (χ3v) is 8.14. The maximum Gasteiger partial charge on any atom is 0.0989 e. The van der Waals surface area contributed by atoms with Gasteiger partial charge in [-0.3, -0.25) is 0 Å². The van der Waals surface area contributed by atoms with Gasteiger partial charge in [0.25, 0.3) is 0 Å². The summed E-state index contributed by atoms with van der Waals surface area (Å²) in [7, 11) is 0. The quantitative estimate of drug-likeness (QED) is 0.589. The van der Waals surface area contributed by atoms with Gasteiger partial charge >= 0.3 is 0 Å². The fourth-order valence-corrected chi connectivity index (χ4v) is 6.60. The summed E-state index contributed by atoms with van der Waals surface area (Å²) >= 11 is 0. The number of hydrogen-bond acceptors (Lipinski definition) is 1. The van der Waals surface area contributed by atoms with Gasteiger partial charge in [0.2, 0.25) is 0 Å². The Morgan fingerprint density at radius 2 is 2.04 bits per heavy atom. The van der Waals surface area contributed by atoms with Crippen LogP contribution in [0.15, 0.2) is 48.1 Å². The number of imidazole rings is 1. The van der Waals surface area contributed by atoms with Crippen LogP contribution >= 0.6 is 0 Å². The Kier molecular flexibility index (Phi) is 3.27. The highest BCUT2D eigenvalue weighted by Gasteiger charge is 2.54. The smallest absolute Gasteiger partial charge is 0.0989 e. The molecule has 0 saturated heterocycles. The molecular formula is C23H30N2. The molecule has 5 rings (SSSR count). The van der Waals surface area contributed by atoms with Gasteiger partial charge in [-0.15, -0.1) is 0 Å². The summed E-state index contributed by atoms with van der Waals surface area (Å²) < 4.78 is 2.23. The number of allylic oxidation sites excluding steroid dienone is 6. The van der Waals surface area contributed by atoms with Crippen LogP contribution in [0.4, 0.5) is 0 Å². The van der Waals surface area contributed by atoms with E-state index in [-0.39, 0.29) is 5.41 Å². The van der Waals surface area contributed by atoms with Gasteiger partial charge in [-0.1, -0.05) is 44.1 Å². The van der Waals surface area contributed by atoms with Gasteiger partial charge in [-0.25, -0.2) is 4.98 Å². The molecule has 0 unspecified atom stereocenters. The van der Waals surface area contributed by atoms with Crippen molar-refractivity contribution in [2.24, 2.45) is 28.6 Å². The van der Waals surface area contributed by atoms with Crippen molar-refractivity contribution >= 4 is 5.70 Å². The van der Waals surface area contributed by atoms with Crippen LogP contribution in [0.1, 0.15) is 59.3 Å². The molecule has 5 atom stereocenters. The van der Waals surface area contributed by atoms with Crippen LogP contribution in [0.25, 0.3) is 5.70 Å². The standard InChI is InChI=1S/C23H30N2/c1-16-8-10-22(2)17(14-16)4-5-18-19-6-7-21(25-13-12-24-15-25)23(19,3)11-9-20(18)22/h4,6-7,12-13,15-16,18,20H,5,8-11,14H2,1-3H3/t16-,18-,20-,22-,23-/m0/s1. The van der Waals surface area contributed by atoms with Crippen LogP contribution < -0.4 is 0 Å². The molecule has 0 bridgehead atoms. The van der Waals surface area contributed by atoms with Crippen LogP contribution in [0.3, 0.4) is 0 Å². The van der Waals surface area contributed by atoms with Crippen molar-refractivity contribution in [2.45, 2.75) is 59.3 Å². The largest absolute Gasteiger partial charge is 0.309 e. The van der Waals surface area contributed by atoms with Crippen molar-refractivity contribution in [3.05, 3.63) is 48.1 Å². The summed E-state index contributed by atoms with van der Waals surface area (Å²) in [5.74, 6) is 2.46. The van der Waals surface area contributed by atoms with Gasteiger partial charge in [-0.2, -0.15) is 0 Å². The Morgan fingerprint density at radius 1 is 1.16 bits per heavy atom. The topological polar surface area (TPSA) is 17.8 Å². The second-order valence-corrected chi connectivity index (χ2v) is 9.46. The first-order chi connectivity index (χ1) is 12.0. The lowest BCUT2D eigenvalue weighted by Crippen LogP contribution is -2.46. The molecule has 2 heteroatoms. The second kappa shape index (κ2) is 5.22. The highest BCUT2D eigenvalue weighted by atomic mass is 15.0. The number of aromatic nitrogens is 2. The van der Waals surface area contributed by atoms with Crippen LogP contribution in [-0.4, -0.2) is 9.55 Å². The zero-order valence-electron chi connectivity index (χ0n) is 15.8. The van der Waals surface area contributed by atoms with Crippen molar-refractivity contribution in [3.8, 4) is 0 Å². The summed E-state index contributed by atoms with van der Waals surface area (Å²) in [4.78, 5) is 4.28. The highest BCUT2D eigenvalue weighted by molar-refractivity contribution is 5.66. The molecule has 1 heterocycles. The molecular weight excluding hydrogens is 304 g/mol. The number of hydrogen-bond donors (Lipinski definition) is 0. The lowest BCUT2D eigenvalue weighted by atomic mass is 9.49. The molecule has 1 aromatic rings. The van der Waals surface area contributed by atoms with E-state index >= 15 is 0 Å². The molecule has 0 aliphatic heterocycles. The van der Waals surface area contributed by atoms with Crippen LogP contribution in [0, 0.1) is 28.6 Å². The lowest BCUT2D eigenvalue weighted by Gasteiger charge is -2.56. The van der Waals surface area contributed by atoms with Gasteiger partial charge in [0.1, 0.15) is 0 Å². The minimum Gasteiger partial charge on any atom is -0.309 e. The zero-order chi connectivity index (χ0) is 17.2. The van der Waals surface area contributed by atoms with E-state index in [1.165, 1.54) is 44.2 Å². The monoisotopic (exact) mass is 334 g/mol. The predicted octanol–water partition coefficient (Wildman–Crippen LogP) is 5.85. The predicted molar refractivity (Wildman–Crippen MR) is 103 cm³/mol. The molecule has 132 valence electrons. The van der Waals surface area contributed by atoms with Crippen molar-refractivity contribution in [1.29, 1.82) is 0 Å². The van der Waals surface area contributed by atoms with Gasteiger partial charge in [0.05, 0.1) is 6.33 Å². The molecule has 0 N–H and O–H groups in total. The molecule has 2 nitrogen and oxygen atoms in total. The molecule has 0 aromatic carbocycles. The van der Waals surface area contributed by atoms with Crippen LogP contribution in [0.2, 0.25) is 0 Å². The zero-order valence-corrected chi connectivity index (χ0v) is 15.8. The lowest BCUT2D eigenvalue weighted by molar-refractivity contribution is 0.0674. The first kappa shape index (κ1) is 15.7. The van der Waals surface area contributed by atoms with Crippen molar-refractivity contribution in [3.63, 3.8) is 0 Å². The third kappa shape index (κ3) is 2.06. The minimum absolute atomic E-state index is 0.200. The molecule has 4 aliphatic carbocycles. The Bertz CT molecular complexity index is 781. The van der Waals surface area contributed by atoms with Gasteiger partial charge in [0, 0.05) is 23.5 Å². The molecule has 0 amide bonds. The normalized spacial score (nSPS) is 42.7. The summed E-state index contributed by atoms with van der Waals surface area (Å²) in [5.41, 5.74) is 5.57. The average Bonchev–Trinajstić information content (AvgIpc) is 3.22. The maximum absolute atomic E-state index is 4.28. The molecule has 0 radical (unpaired) electrons. The van der Waals surface area contributed by atoms with E-state index in [1.54, 1.807) is 11.1 Å². The van der Waals surface area contributed by atoms with Gasteiger partial charge in [-0.05, 0) is 67.8 Å². The van der Waals surface area contributed by atoms with Gasteiger partial charge < -0.3 is 4.57 Å². The molecule has 0 spiro atoms. The van der Waals surface area contributed by atoms with E-state index in [1.807, 2.05) is 12.5 Å². The molecule has 2 saturated carbocycles. The first-order valence-corrected chi connectivity index (χ1v) is 10.1. The SMILES string of the molecule is C[C@H]1CC[C@@]2(C)C(=CC[C@H]3C4=CC=C(n5ccnc5)[C@@]4(C)CC[C@@H]32)C1. The molecule has 1 aromatic heterocycles. The van der Waals surface area contributed by atoms with E-state index in [0.717, 1.165) is 17.8 Å². The summed E-state index contributed by atoms with van der Waals surface area (Å²) in [5, 5.41) is 0. The Morgan fingerprint density at radius 3 is 2.84 bits per heavy atom. The summed E-state index contributed by atoms with van der Waals surface area (Å²) in [6.45, 7) is 7.49. The molecule has 4 aliphatic rings. The van der Waals surface area contributed by atoms with E-state index in [9.17, 15) is 0 Å². The average molecular weight is 335 g/mol. The Labute approximate surface area is 151 Å². The van der Waals surface area contributed by atoms with E-state index in [2.05, 4.69) is 54.7 Å². The van der Waals surface area contributed by atoms with Crippen LogP contribution in [-0.2, 0) is 0 Å².